The highest BCUT2D eigenvalue weighted by Gasteiger charge is 2.23. The van der Waals surface area contributed by atoms with Gasteiger partial charge < -0.3 is 5.11 Å². The highest BCUT2D eigenvalue weighted by atomic mass is 127. The topological polar surface area (TPSA) is 50.2 Å². The Kier molecular flexibility index (Phi) is 4.38. The molecule has 0 saturated carbocycles. The van der Waals surface area contributed by atoms with Gasteiger partial charge in [-0.2, -0.15) is 0 Å². The van der Waals surface area contributed by atoms with E-state index in [0.717, 1.165) is 6.20 Å². The van der Waals surface area contributed by atoms with E-state index in [1.54, 1.807) is 22.6 Å². The third-order valence-electron chi connectivity index (χ3n) is 1.73. The normalized spacial score (nSPS) is 10.7. The minimum absolute atomic E-state index is 0.0319. The molecule has 0 fully saturated rings. The van der Waals surface area contributed by atoms with Gasteiger partial charge in [-0.3, -0.25) is 0 Å². The molecule has 0 aromatic carbocycles. The Morgan fingerprint density at radius 1 is 1.67 bits per heavy atom. The van der Waals surface area contributed by atoms with Gasteiger partial charge in [-0.25, -0.2) is 18.6 Å². The van der Waals surface area contributed by atoms with E-state index >= 15 is 0 Å². The van der Waals surface area contributed by atoms with E-state index in [4.69, 9.17) is 5.11 Å². The van der Waals surface area contributed by atoms with Gasteiger partial charge in [0.05, 0.1) is 0 Å². The van der Waals surface area contributed by atoms with Gasteiger partial charge in [-0.15, -0.1) is 0 Å². The van der Waals surface area contributed by atoms with E-state index in [-0.39, 0.29) is 25.7 Å². The molecule has 1 N–H and O–H groups in total. The van der Waals surface area contributed by atoms with Crippen LogP contribution in [-0.2, 0) is 5.33 Å². The van der Waals surface area contributed by atoms with Crippen molar-refractivity contribution in [1.82, 2.24) is 4.98 Å². The standard InChI is InChI=1S/C8H5BrF2INO2/c9-1-3-5(7(10)11)4(12)2-13-6(3)8(14)15/h2,7H,1H2,(H,14,15). The van der Waals surface area contributed by atoms with Gasteiger partial charge in [-0.05, 0) is 22.6 Å². The van der Waals surface area contributed by atoms with Crippen LogP contribution in [0.2, 0.25) is 0 Å². The fraction of sp³-hybridized carbons (Fsp3) is 0.250. The van der Waals surface area contributed by atoms with Crippen LogP contribution in [0.5, 0.6) is 0 Å². The number of carboxylic acids is 1. The van der Waals surface area contributed by atoms with Gasteiger partial charge in [-0.1, -0.05) is 15.9 Å². The molecule has 0 unspecified atom stereocenters. The molecule has 0 aliphatic heterocycles. The molecule has 82 valence electrons. The predicted octanol–water partition coefficient (Wildman–Crippen LogP) is 3.22. The van der Waals surface area contributed by atoms with Crippen molar-refractivity contribution in [1.29, 1.82) is 0 Å². The largest absolute Gasteiger partial charge is 0.477 e. The number of rotatable bonds is 3. The molecule has 0 radical (unpaired) electrons. The molecule has 0 amide bonds. The minimum atomic E-state index is -2.70. The van der Waals surface area contributed by atoms with E-state index in [1.807, 2.05) is 0 Å². The van der Waals surface area contributed by atoms with Crippen LogP contribution in [0.25, 0.3) is 0 Å². The lowest BCUT2D eigenvalue weighted by Crippen LogP contribution is -2.09. The molecule has 3 nitrogen and oxygen atoms in total. The number of aromatic carboxylic acids is 1. The quantitative estimate of drug-likeness (QED) is 0.635. The smallest absolute Gasteiger partial charge is 0.354 e. The van der Waals surface area contributed by atoms with E-state index < -0.39 is 12.4 Å². The van der Waals surface area contributed by atoms with Crippen LogP contribution in [0.3, 0.4) is 0 Å². The van der Waals surface area contributed by atoms with Crippen LogP contribution >= 0.6 is 38.5 Å². The third kappa shape index (κ3) is 2.63. The Balaban J connectivity index is 3.47. The molecule has 1 heterocycles. The number of alkyl halides is 3. The van der Waals surface area contributed by atoms with E-state index in [0.29, 0.717) is 0 Å². The first-order valence-electron chi connectivity index (χ1n) is 3.73. The van der Waals surface area contributed by atoms with Crippen molar-refractivity contribution < 1.29 is 18.7 Å². The molecule has 1 rings (SSSR count). The highest BCUT2D eigenvalue weighted by molar-refractivity contribution is 14.1. The van der Waals surface area contributed by atoms with Gasteiger partial charge in [0.2, 0.25) is 0 Å². The van der Waals surface area contributed by atoms with E-state index in [9.17, 15) is 13.6 Å². The van der Waals surface area contributed by atoms with Crippen molar-refractivity contribution in [2.75, 3.05) is 0 Å². The molecule has 7 heteroatoms. The van der Waals surface area contributed by atoms with Crippen LogP contribution in [-0.4, -0.2) is 16.1 Å². The SMILES string of the molecule is O=C(O)c1ncc(I)c(C(F)F)c1CBr. The van der Waals surface area contributed by atoms with Crippen molar-refractivity contribution in [3.63, 3.8) is 0 Å². The molecule has 0 aliphatic carbocycles. The number of carbonyl (C=O) groups is 1. The first kappa shape index (κ1) is 12.8. The molecule has 1 aromatic heterocycles. The zero-order valence-electron chi connectivity index (χ0n) is 7.18. The molecule has 0 atom stereocenters. The fourth-order valence-electron chi connectivity index (χ4n) is 1.10. The summed E-state index contributed by atoms with van der Waals surface area (Å²) in [5.74, 6) is -1.30. The number of pyridine rings is 1. The van der Waals surface area contributed by atoms with Crippen LogP contribution in [0.1, 0.15) is 28.0 Å². The Labute approximate surface area is 106 Å². The van der Waals surface area contributed by atoms with Crippen LogP contribution in [0, 0.1) is 3.57 Å². The molecule has 0 saturated heterocycles. The first-order valence-corrected chi connectivity index (χ1v) is 5.93. The maximum atomic E-state index is 12.7. The Morgan fingerprint density at radius 3 is 2.67 bits per heavy atom. The van der Waals surface area contributed by atoms with Crippen molar-refractivity contribution in [2.45, 2.75) is 11.8 Å². The van der Waals surface area contributed by atoms with Gasteiger partial charge in [0.15, 0.2) is 5.69 Å². The van der Waals surface area contributed by atoms with Crippen molar-refractivity contribution >= 4 is 44.5 Å². The molecule has 0 spiro atoms. The predicted molar refractivity (Wildman–Crippen MR) is 61.5 cm³/mol. The average Bonchev–Trinajstić information content (AvgIpc) is 2.15. The van der Waals surface area contributed by atoms with Crippen LogP contribution in [0.15, 0.2) is 6.20 Å². The number of nitrogens with zero attached hydrogens (tertiary/aromatic N) is 1. The zero-order chi connectivity index (χ0) is 11.6. The Hall–Kier alpha value is -0.310. The summed E-state index contributed by atoms with van der Waals surface area (Å²) in [6.07, 6.45) is -1.57. The number of carboxylic acid groups (broad SMARTS) is 1. The second kappa shape index (κ2) is 5.15. The monoisotopic (exact) mass is 391 g/mol. The van der Waals surface area contributed by atoms with E-state index in [1.165, 1.54) is 0 Å². The summed E-state index contributed by atoms with van der Waals surface area (Å²) >= 11 is 4.70. The summed E-state index contributed by atoms with van der Waals surface area (Å²) in [4.78, 5) is 14.4. The molecular formula is C8H5BrF2INO2. The number of halogens is 4. The summed E-state index contributed by atoms with van der Waals surface area (Å²) in [6.45, 7) is 0. The van der Waals surface area contributed by atoms with Gasteiger partial charge in [0.1, 0.15) is 0 Å². The minimum Gasteiger partial charge on any atom is -0.477 e. The average molecular weight is 392 g/mol. The summed E-state index contributed by atoms with van der Waals surface area (Å²) in [5, 5.41) is 8.80. The zero-order valence-corrected chi connectivity index (χ0v) is 10.9. The van der Waals surface area contributed by atoms with Crippen molar-refractivity contribution in [3.05, 3.63) is 26.6 Å². The fourth-order valence-corrected chi connectivity index (χ4v) is 2.36. The van der Waals surface area contributed by atoms with Gasteiger partial charge >= 0.3 is 5.97 Å². The van der Waals surface area contributed by atoms with Crippen LogP contribution in [0.4, 0.5) is 8.78 Å². The van der Waals surface area contributed by atoms with Crippen molar-refractivity contribution in [2.24, 2.45) is 0 Å². The molecule has 0 aliphatic rings. The molecule has 1 aromatic rings. The molecule has 15 heavy (non-hydrogen) atoms. The Bertz CT molecular complexity index is 400. The second-order valence-corrected chi connectivity index (χ2v) is 4.31. The summed E-state index contributed by atoms with van der Waals surface area (Å²) in [7, 11) is 0. The third-order valence-corrected chi connectivity index (χ3v) is 3.15. The van der Waals surface area contributed by atoms with Crippen LogP contribution < -0.4 is 0 Å². The summed E-state index contributed by atoms with van der Waals surface area (Å²) < 4.78 is 25.6. The second-order valence-electron chi connectivity index (χ2n) is 2.59. The summed E-state index contributed by atoms with van der Waals surface area (Å²) in [6, 6.07) is 0. The maximum Gasteiger partial charge on any atom is 0.354 e. The summed E-state index contributed by atoms with van der Waals surface area (Å²) in [5.41, 5.74) is -0.563. The first-order chi connectivity index (χ1) is 6.99. The lowest BCUT2D eigenvalue weighted by atomic mass is 10.1. The van der Waals surface area contributed by atoms with E-state index in [2.05, 4.69) is 20.9 Å². The van der Waals surface area contributed by atoms with Gasteiger partial charge in [0.25, 0.3) is 6.43 Å². The molecular weight excluding hydrogens is 387 g/mol. The lowest BCUT2D eigenvalue weighted by molar-refractivity contribution is 0.0688. The maximum absolute atomic E-state index is 12.7. The lowest BCUT2D eigenvalue weighted by Gasteiger charge is -2.10. The number of hydrogen-bond donors (Lipinski definition) is 1. The van der Waals surface area contributed by atoms with Gasteiger partial charge in [0, 0.05) is 26.2 Å². The Morgan fingerprint density at radius 2 is 2.27 bits per heavy atom. The number of hydrogen-bond acceptors (Lipinski definition) is 2. The molecule has 0 bridgehead atoms. The highest BCUT2D eigenvalue weighted by Crippen LogP contribution is 2.30. The van der Waals surface area contributed by atoms with Crippen molar-refractivity contribution in [3.8, 4) is 0 Å². The number of aromatic nitrogens is 1.